The topological polar surface area (TPSA) is 29.5 Å². The lowest BCUT2D eigenvalue weighted by atomic mass is 9.72. The van der Waals surface area contributed by atoms with Gasteiger partial charge in [0, 0.05) is 6.54 Å². The maximum absolute atomic E-state index is 12.2. The van der Waals surface area contributed by atoms with E-state index in [9.17, 15) is 4.79 Å². The first-order valence-electron chi connectivity index (χ1n) is 6.75. The summed E-state index contributed by atoms with van der Waals surface area (Å²) in [5, 5.41) is 0. The molecule has 0 saturated carbocycles. The number of likely N-dealkylation sites (N-methyl/N-ethyl adjacent to an activating group) is 1. The monoisotopic (exact) mass is 257 g/mol. The minimum atomic E-state index is -0.0562. The van der Waals surface area contributed by atoms with Crippen LogP contribution in [0.1, 0.15) is 48.0 Å². The van der Waals surface area contributed by atoms with Crippen molar-refractivity contribution in [3.63, 3.8) is 0 Å². The van der Waals surface area contributed by atoms with E-state index in [2.05, 4.69) is 41.5 Å². The van der Waals surface area contributed by atoms with Gasteiger partial charge in [0.2, 0.25) is 0 Å². The normalized spacial score (nSPS) is 14.7. The summed E-state index contributed by atoms with van der Waals surface area (Å²) in [4.78, 5) is 14.2. The number of carbonyl (C=O) groups excluding carboxylic acids is 1. The summed E-state index contributed by atoms with van der Waals surface area (Å²) in [6.07, 6.45) is 0.858. The van der Waals surface area contributed by atoms with E-state index < -0.39 is 0 Å². The van der Waals surface area contributed by atoms with Crippen molar-refractivity contribution in [3.8, 4) is 0 Å². The van der Waals surface area contributed by atoms with Crippen LogP contribution in [0.3, 0.4) is 0 Å². The third kappa shape index (κ3) is 7.70. The van der Waals surface area contributed by atoms with Crippen LogP contribution in [0.4, 0.5) is 0 Å². The van der Waals surface area contributed by atoms with Gasteiger partial charge in [-0.2, -0.15) is 0 Å². The molecule has 0 radical (unpaired) electrons. The molecule has 3 heteroatoms. The molecule has 0 saturated heterocycles. The minimum Gasteiger partial charge on any atom is -0.464 e. The maximum atomic E-state index is 12.2. The molecule has 0 aliphatic heterocycles. The molecule has 18 heavy (non-hydrogen) atoms. The van der Waals surface area contributed by atoms with E-state index in [1.807, 2.05) is 19.0 Å². The molecule has 0 fully saturated rings. The number of rotatable bonds is 5. The Morgan fingerprint density at radius 2 is 1.61 bits per heavy atom. The lowest BCUT2D eigenvalue weighted by Crippen LogP contribution is -2.34. The molecule has 0 aliphatic rings. The highest BCUT2D eigenvalue weighted by molar-refractivity contribution is 5.73. The Hall–Kier alpha value is -0.570. The number of hydrogen-bond acceptors (Lipinski definition) is 3. The van der Waals surface area contributed by atoms with Crippen LogP contribution in [0, 0.1) is 16.7 Å². The Balaban J connectivity index is 4.53. The smallest absolute Gasteiger partial charge is 0.309 e. The third-order valence-electron chi connectivity index (χ3n) is 2.93. The predicted octanol–water partition coefficient (Wildman–Crippen LogP) is 3.19. The molecular weight excluding hydrogens is 226 g/mol. The first kappa shape index (κ1) is 17.4. The van der Waals surface area contributed by atoms with E-state index >= 15 is 0 Å². The fourth-order valence-corrected chi connectivity index (χ4v) is 1.78. The summed E-state index contributed by atoms with van der Waals surface area (Å²) in [6, 6.07) is 0. The van der Waals surface area contributed by atoms with Crippen LogP contribution >= 0.6 is 0 Å². The minimum absolute atomic E-state index is 0.0420. The molecule has 3 nitrogen and oxygen atoms in total. The molecule has 0 aliphatic carbocycles. The predicted molar refractivity (Wildman–Crippen MR) is 76.5 cm³/mol. The largest absolute Gasteiger partial charge is 0.464 e. The molecule has 0 N–H and O–H groups in total. The number of nitrogens with zero attached hydrogens (tertiary/aromatic N) is 1. The lowest BCUT2D eigenvalue weighted by molar-refractivity contribution is -0.154. The van der Waals surface area contributed by atoms with Crippen molar-refractivity contribution in [2.45, 2.75) is 48.0 Å². The molecule has 108 valence electrons. The standard InChI is InChI=1S/C15H31NO2/c1-14(2,3)11-12(15(4,5)6)13(17)18-10-9-16(7)8/h12H,9-11H2,1-8H3. The highest BCUT2D eigenvalue weighted by Crippen LogP contribution is 2.36. The zero-order chi connectivity index (χ0) is 14.6. The number of esters is 1. The summed E-state index contributed by atoms with van der Waals surface area (Å²) in [5.41, 5.74) is 0.0843. The molecule has 0 amide bonds. The van der Waals surface area contributed by atoms with Crippen molar-refractivity contribution in [2.75, 3.05) is 27.2 Å². The van der Waals surface area contributed by atoms with Crippen molar-refractivity contribution in [2.24, 2.45) is 16.7 Å². The Bertz CT molecular complexity index is 259. The van der Waals surface area contributed by atoms with Gasteiger partial charge in [-0.05, 0) is 31.3 Å². The Labute approximate surface area is 113 Å². The molecular formula is C15H31NO2. The van der Waals surface area contributed by atoms with Crippen molar-refractivity contribution in [3.05, 3.63) is 0 Å². The lowest BCUT2D eigenvalue weighted by Gasteiger charge is -2.33. The van der Waals surface area contributed by atoms with Gasteiger partial charge < -0.3 is 9.64 Å². The van der Waals surface area contributed by atoms with E-state index in [1.165, 1.54) is 0 Å². The van der Waals surface area contributed by atoms with Crippen LogP contribution in [0.15, 0.2) is 0 Å². The van der Waals surface area contributed by atoms with Crippen molar-refractivity contribution in [1.29, 1.82) is 0 Å². The van der Waals surface area contributed by atoms with Gasteiger partial charge in [-0.15, -0.1) is 0 Å². The maximum Gasteiger partial charge on any atom is 0.309 e. The van der Waals surface area contributed by atoms with Crippen LogP contribution in [-0.4, -0.2) is 38.1 Å². The fraction of sp³-hybridized carbons (Fsp3) is 0.933. The van der Waals surface area contributed by atoms with Crippen LogP contribution in [0.2, 0.25) is 0 Å². The first-order valence-corrected chi connectivity index (χ1v) is 6.75. The van der Waals surface area contributed by atoms with Crippen molar-refractivity contribution < 1.29 is 9.53 Å². The van der Waals surface area contributed by atoms with E-state index in [4.69, 9.17) is 4.74 Å². The van der Waals surface area contributed by atoms with Crippen LogP contribution in [0.25, 0.3) is 0 Å². The summed E-state index contributed by atoms with van der Waals surface area (Å²) in [6.45, 7) is 14.1. The highest BCUT2D eigenvalue weighted by Gasteiger charge is 2.35. The molecule has 0 bridgehead atoms. The SMILES string of the molecule is CN(C)CCOC(=O)C(CC(C)(C)C)C(C)(C)C. The fourth-order valence-electron chi connectivity index (χ4n) is 1.78. The Kier molecular flexibility index (Phi) is 6.35. The van der Waals surface area contributed by atoms with E-state index in [0.29, 0.717) is 6.61 Å². The molecule has 0 aromatic carbocycles. The van der Waals surface area contributed by atoms with Gasteiger partial charge in [-0.25, -0.2) is 0 Å². The summed E-state index contributed by atoms with van der Waals surface area (Å²) < 4.78 is 5.41. The van der Waals surface area contributed by atoms with Crippen molar-refractivity contribution in [1.82, 2.24) is 4.90 Å². The average Bonchev–Trinajstić information content (AvgIpc) is 2.10. The Morgan fingerprint density at radius 1 is 1.11 bits per heavy atom. The molecule has 0 aromatic heterocycles. The van der Waals surface area contributed by atoms with Crippen LogP contribution < -0.4 is 0 Å². The number of hydrogen-bond donors (Lipinski definition) is 0. The number of carbonyl (C=O) groups is 1. The quantitative estimate of drug-likeness (QED) is 0.708. The van der Waals surface area contributed by atoms with Gasteiger partial charge in [0.15, 0.2) is 0 Å². The molecule has 0 rings (SSSR count). The van der Waals surface area contributed by atoms with Gasteiger partial charge in [0.1, 0.15) is 6.61 Å². The van der Waals surface area contributed by atoms with E-state index in [1.54, 1.807) is 0 Å². The van der Waals surface area contributed by atoms with Gasteiger partial charge in [-0.1, -0.05) is 41.5 Å². The molecule has 0 aromatic rings. The second-order valence-corrected chi connectivity index (χ2v) is 7.65. The second kappa shape index (κ2) is 6.55. The third-order valence-corrected chi connectivity index (χ3v) is 2.93. The summed E-state index contributed by atoms with van der Waals surface area (Å²) in [7, 11) is 3.95. The van der Waals surface area contributed by atoms with Crippen LogP contribution in [0.5, 0.6) is 0 Å². The van der Waals surface area contributed by atoms with Gasteiger partial charge in [0.25, 0.3) is 0 Å². The molecule has 0 heterocycles. The second-order valence-electron chi connectivity index (χ2n) is 7.65. The first-order chi connectivity index (χ1) is 7.93. The van der Waals surface area contributed by atoms with Gasteiger partial charge >= 0.3 is 5.97 Å². The van der Waals surface area contributed by atoms with Crippen molar-refractivity contribution >= 4 is 5.97 Å². The zero-order valence-electron chi connectivity index (χ0n) is 13.5. The van der Waals surface area contributed by atoms with E-state index in [-0.39, 0.29) is 22.7 Å². The average molecular weight is 257 g/mol. The van der Waals surface area contributed by atoms with Crippen LogP contribution in [-0.2, 0) is 9.53 Å². The van der Waals surface area contributed by atoms with Gasteiger partial charge in [-0.3, -0.25) is 4.79 Å². The molecule has 1 unspecified atom stereocenters. The van der Waals surface area contributed by atoms with Gasteiger partial charge in [0.05, 0.1) is 5.92 Å². The molecule has 1 atom stereocenters. The Morgan fingerprint density at radius 3 is 1.94 bits per heavy atom. The zero-order valence-corrected chi connectivity index (χ0v) is 13.5. The number of ether oxygens (including phenoxy) is 1. The van der Waals surface area contributed by atoms with E-state index in [0.717, 1.165) is 13.0 Å². The molecule has 0 spiro atoms. The summed E-state index contributed by atoms with van der Waals surface area (Å²) >= 11 is 0. The summed E-state index contributed by atoms with van der Waals surface area (Å²) in [5.74, 6) is -0.0982. The highest BCUT2D eigenvalue weighted by atomic mass is 16.5.